The Morgan fingerprint density at radius 3 is 2.88 bits per heavy atom. The lowest BCUT2D eigenvalue weighted by Gasteiger charge is -2.43. The first-order valence-corrected chi connectivity index (χ1v) is 6.49. The Kier molecular flexibility index (Phi) is 2.67. The zero-order chi connectivity index (χ0) is 11.8. The summed E-state index contributed by atoms with van der Waals surface area (Å²) >= 11 is 0. The quantitative estimate of drug-likeness (QED) is 0.871. The highest BCUT2D eigenvalue weighted by molar-refractivity contribution is 5.77. The molecule has 0 radical (unpaired) electrons. The highest BCUT2D eigenvalue weighted by Gasteiger charge is 2.41. The highest BCUT2D eigenvalue weighted by Crippen LogP contribution is 2.45. The molecule has 90 valence electrons. The van der Waals surface area contributed by atoms with Gasteiger partial charge >= 0.3 is 0 Å². The van der Waals surface area contributed by atoms with Crippen molar-refractivity contribution in [3.8, 4) is 0 Å². The average Bonchev–Trinajstić information content (AvgIpc) is 2.72. The van der Waals surface area contributed by atoms with E-state index in [1.165, 1.54) is 24.0 Å². The summed E-state index contributed by atoms with van der Waals surface area (Å²) in [6, 6.07) is 11.2. The van der Waals surface area contributed by atoms with E-state index in [1.807, 2.05) is 12.1 Å². The Bertz CT molecular complexity index is 483. The zero-order valence-corrected chi connectivity index (χ0v) is 10.4. The zero-order valence-electron chi connectivity index (χ0n) is 10.4. The van der Waals surface area contributed by atoms with Gasteiger partial charge in [0.15, 0.2) is 0 Å². The third-order valence-corrected chi connectivity index (χ3v) is 4.19. The molecule has 2 nitrogen and oxygen atoms in total. The normalized spacial score (nSPS) is 28.2. The van der Waals surface area contributed by atoms with Gasteiger partial charge in [0, 0.05) is 17.3 Å². The van der Waals surface area contributed by atoms with Gasteiger partial charge < -0.3 is 9.73 Å². The molecule has 1 aromatic heterocycles. The molecular weight excluding hydrogens is 210 g/mol. The summed E-state index contributed by atoms with van der Waals surface area (Å²) in [5.41, 5.74) is 1.02. The van der Waals surface area contributed by atoms with Crippen LogP contribution < -0.4 is 5.32 Å². The first-order valence-electron chi connectivity index (χ1n) is 6.49. The van der Waals surface area contributed by atoms with E-state index in [1.54, 1.807) is 0 Å². The summed E-state index contributed by atoms with van der Waals surface area (Å²) < 4.78 is 5.97. The molecule has 2 heteroatoms. The van der Waals surface area contributed by atoms with Crippen molar-refractivity contribution in [2.75, 3.05) is 7.05 Å². The SMILES string of the molecule is CCC1C(NC)CC1c1cc2ccccc2o1. The molecule has 2 aromatic rings. The van der Waals surface area contributed by atoms with E-state index in [-0.39, 0.29) is 0 Å². The lowest BCUT2D eigenvalue weighted by molar-refractivity contribution is 0.151. The van der Waals surface area contributed by atoms with Gasteiger partial charge in [-0.15, -0.1) is 0 Å². The van der Waals surface area contributed by atoms with Crippen LogP contribution in [-0.2, 0) is 0 Å². The van der Waals surface area contributed by atoms with Gasteiger partial charge in [-0.1, -0.05) is 31.5 Å². The molecule has 0 aliphatic heterocycles. The molecule has 17 heavy (non-hydrogen) atoms. The molecule has 1 heterocycles. The Labute approximate surface area is 102 Å². The van der Waals surface area contributed by atoms with Crippen LogP contribution in [0, 0.1) is 5.92 Å². The largest absolute Gasteiger partial charge is 0.461 e. The summed E-state index contributed by atoms with van der Waals surface area (Å²) in [5, 5.41) is 4.62. The molecule has 0 bridgehead atoms. The second-order valence-corrected chi connectivity index (χ2v) is 5.00. The Morgan fingerprint density at radius 1 is 1.35 bits per heavy atom. The van der Waals surface area contributed by atoms with Gasteiger partial charge in [-0.05, 0) is 31.5 Å². The predicted molar refractivity (Wildman–Crippen MR) is 70.2 cm³/mol. The molecule has 1 aromatic carbocycles. The van der Waals surface area contributed by atoms with Crippen LogP contribution >= 0.6 is 0 Å². The average molecular weight is 229 g/mol. The Morgan fingerprint density at radius 2 is 2.18 bits per heavy atom. The number of fused-ring (bicyclic) bond motifs is 1. The minimum absolute atomic E-state index is 0.602. The molecule has 1 N–H and O–H groups in total. The van der Waals surface area contributed by atoms with E-state index in [0.29, 0.717) is 12.0 Å². The van der Waals surface area contributed by atoms with Gasteiger partial charge in [0.05, 0.1) is 0 Å². The van der Waals surface area contributed by atoms with Crippen LogP contribution in [0.1, 0.15) is 31.4 Å². The van der Waals surface area contributed by atoms with Crippen LogP contribution in [0.5, 0.6) is 0 Å². The van der Waals surface area contributed by atoms with Crippen LogP contribution in [0.4, 0.5) is 0 Å². The number of rotatable bonds is 3. The fourth-order valence-electron chi connectivity index (χ4n) is 3.12. The number of hydrogen-bond donors (Lipinski definition) is 1. The van der Waals surface area contributed by atoms with E-state index in [9.17, 15) is 0 Å². The lowest BCUT2D eigenvalue weighted by atomic mass is 9.67. The van der Waals surface area contributed by atoms with Gasteiger partial charge in [0.1, 0.15) is 11.3 Å². The third-order valence-electron chi connectivity index (χ3n) is 4.19. The first-order chi connectivity index (χ1) is 8.33. The molecule has 0 spiro atoms. The molecule has 1 saturated carbocycles. The molecular formula is C15H19NO. The first kappa shape index (κ1) is 10.8. The maximum absolute atomic E-state index is 5.97. The topological polar surface area (TPSA) is 25.2 Å². The van der Waals surface area contributed by atoms with Crippen LogP contribution in [0.15, 0.2) is 34.7 Å². The van der Waals surface area contributed by atoms with E-state index in [2.05, 4.69) is 37.5 Å². The van der Waals surface area contributed by atoms with Crippen molar-refractivity contribution in [2.45, 2.75) is 31.7 Å². The molecule has 1 fully saturated rings. The number of benzene rings is 1. The fourth-order valence-corrected chi connectivity index (χ4v) is 3.12. The van der Waals surface area contributed by atoms with Crippen LogP contribution in [0.3, 0.4) is 0 Å². The number of hydrogen-bond acceptors (Lipinski definition) is 2. The second-order valence-electron chi connectivity index (χ2n) is 5.00. The summed E-state index contributed by atoms with van der Waals surface area (Å²) in [6.07, 6.45) is 2.42. The minimum atomic E-state index is 0.602. The molecule has 3 rings (SSSR count). The summed E-state index contributed by atoms with van der Waals surface area (Å²) in [5.74, 6) is 2.50. The maximum atomic E-state index is 5.97. The highest BCUT2D eigenvalue weighted by atomic mass is 16.3. The van der Waals surface area contributed by atoms with Crippen molar-refractivity contribution >= 4 is 11.0 Å². The number of para-hydroxylation sites is 1. The molecule has 1 aliphatic rings. The van der Waals surface area contributed by atoms with E-state index >= 15 is 0 Å². The molecule has 3 atom stereocenters. The van der Waals surface area contributed by atoms with Crippen molar-refractivity contribution < 1.29 is 4.42 Å². The number of furan rings is 1. The third kappa shape index (κ3) is 1.67. The molecule has 3 unspecified atom stereocenters. The van der Waals surface area contributed by atoms with E-state index in [4.69, 9.17) is 4.42 Å². The smallest absolute Gasteiger partial charge is 0.134 e. The standard InChI is InChI=1S/C15H19NO/c1-3-11-12(9-13(11)16-2)15-8-10-6-4-5-7-14(10)17-15/h4-8,11-13,16H,3,9H2,1-2H3. The summed E-state index contributed by atoms with van der Waals surface area (Å²) in [4.78, 5) is 0. The predicted octanol–water partition coefficient (Wildman–Crippen LogP) is 3.53. The minimum Gasteiger partial charge on any atom is -0.461 e. The monoisotopic (exact) mass is 229 g/mol. The van der Waals surface area contributed by atoms with Crippen LogP contribution in [0.25, 0.3) is 11.0 Å². The van der Waals surface area contributed by atoms with Gasteiger partial charge in [0.25, 0.3) is 0 Å². The van der Waals surface area contributed by atoms with Crippen molar-refractivity contribution in [1.82, 2.24) is 5.32 Å². The van der Waals surface area contributed by atoms with Crippen molar-refractivity contribution in [3.63, 3.8) is 0 Å². The van der Waals surface area contributed by atoms with Gasteiger partial charge in [0.2, 0.25) is 0 Å². The van der Waals surface area contributed by atoms with Crippen molar-refractivity contribution in [2.24, 2.45) is 5.92 Å². The summed E-state index contributed by atoms with van der Waals surface area (Å²) in [6.45, 7) is 2.27. The summed E-state index contributed by atoms with van der Waals surface area (Å²) in [7, 11) is 2.06. The maximum Gasteiger partial charge on any atom is 0.134 e. The molecule has 0 amide bonds. The lowest BCUT2D eigenvalue weighted by Crippen LogP contribution is -2.47. The fraction of sp³-hybridized carbons (Fsp3) is 0.467. The second kappa shape index (κ2) is 4.19. The van der Waals surface area contributed by atoms with Gasteiger partial charge in [-0.3, -0.25) is 0 Å². The van der Waals surface area contributed by atoms with Crippen molar-refractivity contribution in [1.29, 1.82) is 0 Å². The molecule has 0 saturated heterocycles. The van der Waals surface area contributed by atoms with E-state index in [0.717, 1.165) is 11.5 Å². The molecule has 1 aliphatic carbocycles. The van der Waals surface area contributed by atoms with Crippen molar-refractivity contribution in [3.05, 3.63) is 36.1 Å². The number of nitrogens with one attached hydrogen (secondary N) is 1. The Balaban J connectivity index is 1.89. The van der Waals surface area contributed by atoms with Gasteiger partial charge in [-0.2, -0.15) is 0 Å². The van der Waals surface area contributed by atoms with E-state index < -0.39 is 0 Å². The van der Waals surface area contributed by atoms with Gasteiger partial charge in [-0.25, -0.2) is 0 Å². The van der Waals surface area contributed by atoms with Crippen LogP contribution in [-0.4, -0.2) is 13.1 Å². The Hall–Kier alpha value is -1.28. The van der Waals surface area contributed by atoms with Crippen LogP contribution in [0.2, 0.25) is 0 Å².